The molecule has 1 amide bonds. The number of ether oxygens (including phenoxy) is 2. The summed E-state index contributed by atoms with van der Waals surface area (Å²) in [7, 11) is 3.72. The van der Waals surface area contributed by atoms with Crippen LogP contribution in [-0.2, 0) is 11.3 Å². The van der Waals surface area contributed by atoms with Gasteiger partial charge in [-0.3, -0.25) is 4.79 Å². The van der Waals surface area contributed by atoms with Crippen molar-refractivity contribution in [1.29, 1.82) is 0 Å². The van der Waals surface area contributed by atoms with Gasteiger partial charge in [0.15, 0.2) is 18.1 Å². The van der Waals surface area contributed by atoms with Crippen LogP contribution in [0.5, 0.6) is 11.5 Å². The highest BCUT2D eigenvalue weighted by Gasteiger charge is 2.28. The van der Waals surface area contributed by atoms with E-state index in [9.17, 15) is 4.79 Å². The van der Waals surface area contributed by atoms with E-state index in [0.29, 0.717) is 18.0 Å². The first-order valence-electron chi connectivity index (χ1n) is 10.0. The summed E-state index contributed by atoms with van der Waals surface area (Å²) in [5.74, 6) is 1.92. The van der Waals surface area contributed by atoms with Crippen molar-refractivity contribution in [3.05, 3.63) is 54.0 Å². The first-order chi connectivity index (χ1) is 14.1. The van der Waals surface area contributed by atoms with Gasteiger partial charge >= 0.3 is 0 Å². The highest BCUT2D eigenvalue weighted by atomic mass is 16.5. The minimum Gasteiger partial charge on any atom is -0.493 e. The van der Waals surface area contributed by atoms with Crippen molar-refractivity contribution in [2.24, 2.45) is 0 Å². The number of nitrogens with zero attached hydrogens (tertiary/aromatic N) is 2. The number of likely N-dealkylation sites (tertiary alicyclic amines) is 1. The topological polar surface area (TPSA) is 55.2 Å². The van der Waals surface area contributed by atoms with Gasteiger partial charge in [0.25, 0.3) is 5.91 Å². The molecule has 0 saturated carbocycles. The van der Waals surface area contributed by atoms with Gasteiger partial charge in [-0.25, -0.2) is 0 Å². The SMILES string of the molecule is C/C=C/c1ccc(OCC(=O)N(Cc2ccco2)C2CCN(C)CC2)c(OC)c1. The Balaban J connectivity index is 1.69. The van der Waals surface area contributed by atoms with Crippen molar-refractivity contribution in [2.45, 2.75) is 32.4 Å². The molecule has 1 aromatic carbocycles. The summed E-state index contributed by atoms with van der Waals surface area (Å²) in [6.45, 7) is 4.35. The molecule has 3 rings (SSSR count). The van der Waals surface area contributed by atoms with Gasteiger partial charge in [0.05, 0.1) is 19.9 Å². The number of benzene rings is 1. The number of amides is 1. The van der Waals surface area contributed by atoms with Crippen LogP contribution < -0.4 is 9.47 Å². The van der Waals surface area contributed by atoms with E-state index in [2.05, 4.69) is 11.9 Å². The molecule has 0 spiro atoms. The smallest absolute Gasteiger partial charge is 0.261 e. The van der Waals surface area contributed by atoms with Gasteiger partial charge < -0.3 is 23.7 Å². The van der Waals surface area contributed by atoms with E-state index >= 15 is 0 Å². The normalized spacial score (nSPS) is 15.6. The Morgan fingerprint density at radius 1 is 1.28 bits per heavy atom. The fourth-order valence-electron chi connectivity index (χ4n) is 3.62. The molecule has 29 heavy (non-hydrogen) atoms. The van der Waals surface area contributed by atoms with Crippen LogP contribution in [0.15, 0.2) is 47.1 Å². The third-order valence-corrected chi connectivity index (χ3v) is 5.25. The Bertz CT molecular complexity index is 808. The monoisotopic (exact) mass is 398 g/mol. The molecule has 0 atom stereocenters. The summed E-state index contributed by atoms with van der Waals surface area (Å²) in [5, 5.41) is 0. The summed E-state index contributed by atoms with van der Waals surface area (Å²) in [4.78, 5) is 17.3. The molecule has 2 heterocycles. The molecule has 1 aromatic heterocycles. The quantitative estimate of drug-likeness (QED) is 0.677. The number of allylic oxidation sites excluding steroid dienone is 1. The van der Waals surface area contributed by atoms with E-state index in [0.717, 1.165) is 37.3 Å². The second-order valence-electron chi connectivity index (χ2n) is 7.33. The molecule has 1 fully saturated rings. The third kappa shape index (κ3) is 5.64. The van der Waals surface area contributed by atoms with Crippen molar-refractivity contribution in [1.82, 2.24) is 9.80 Å². The maximum atomic E-state index is 13.1. The van der Waals surface area contributed by atoms with Crippen molar-refractivity contribution < 1.29 is 18.7 Å². The van der Waals surface area contributed by atoms with Crippen LogP contribution in [-0.4, -0.2) is 55.6 Å². The summed E-state index contributed by atoms with van der Waals surface area (Å²) in [6, 6.07) is 9.62. The maximum Gasteiger partial charge on any atom is 0.261 e. The number of carbonyl (C=O) groups excluding carboxylic acids is 1. The van der Waals surface area contributed by atoms with Crippen molar-refractivity contribution in [3.63, 3.8) is 0 Å². The van der Waals surface area contributed by atoms with Gasteiger partial charge in [-0.05, 0) is 69.7 Å². The largest absolute Gasteiger partial charge is 0.493 e. The van der Waals surface area contributed by atoms with Crippen molar-refractivity contribution >= 4 is 12.0 Å². The van der Waals surface area contributed by atoms with E-state index < -0.39 is 0 Å². The summed E-state index contributed by atoms with van der Waals surface area (Å²) in [5.41, 5.74) is 1.02. The molecule has 1 saturated heterocycles. The summed E-state index contributed by atoms with van der Waals surface area (Å²) >= 11 is 0. The third-order valence-electron chi connectivity index (χ3n) is 5.25. The molecule has 156 valence electrons. The number of carbonyl (C=O) groups is 1. The fraction of sp³-hybridized carbons (Fsp3) is 0.435. The molecular formula is C23H30N2O4. The van der Waals surface area contributed by atoms with E-state index in [1.54, 1.807) is 13.4 Å². The Hall–Kier alpha value is -2.73. The molecule has 0 bridgehead atoms. The Labute approximate surface area is 172 Å². The standard InChI is InChI=1S/C23H30N2O4/c1-4-6-18-8-9-21(22(15-18)27-3)29-17-23(26)25(16-20-7-5-14-28-20)19-10-12-24(2)13-11-19/h4-9,14-15,19H,10-13,16-17H2,1-3H3/b6-4+. The van der Waals surface area contributed by atoms with Gasteiger partial charge in [-0.15, -0.1) is 0 Å². The highest BCUT2D eigenvalue weighted by molar-refractivity contribution is 5.78. The molecule has 0 unspecified atom stereocenters. The molecule has 6 heteroatoms. The average molecular weight is 399 g/mol. The van der Waals surface area contributed by atoms with Gasteiger partial charge in [0.2, 0.25) is 0 Å². The molecule has 0 aliphatic carbocycles. The van der Waals surface area contributed by atoms with Gasteiger partial charge in [-0.1, -0.05) is 18.2 Å². The van der Waals surface area contributed by atoms with Crippen LogP contribution in [0.1, 0.15) is 31.1 Å². The molecule has 1 aliphatic heterocycles. The molecule has 0 radical (unpaired) electrons. The van der Waals surface area contributed by atoms with Crippen LogP contribution >= 0.6 is 0 Å². The zero-order valence-electron chi connectivity index (χ0n) is 17.5. The molecule has 6 nitrogen and oxygen atoms in total. The molecule has 0 N–H and O–H groups in total. The summed E-state index contributed by atoms with van der Waals surface area (Å²) < 4.78 is 16.8. The lowest BCUT2D eigenvalue weighted by Gasteiger charge is -2.37. The van der Waals surface area contributed by atoms with Crippen LogP contribution in [0.3, 0.4) is 0 Å². The van der Waals surface area contributed by atoms with Crippen LogP contribution in [0.4, 0.5) is 0 Å². The minimum absolute atomic E-state index is 0.0353. The van der Waals surface area contributed by atoms with Crippen molar-refractivity contribution in [3.8, 4) is 11.5 Å². The molecular weight excluding hydrogens is 368 g/mol. The number of hydrogen-bond acceptors (Lipinski definition) is 5. The Kier molecular flexibility index (Phi) is 7.36. The van der Waals surface area contributed by atoms with Crippen molar-refractivity contribution in [2.75, 3.05) is 33.9 Å². The van der Waals surface area contributed by atoms with Gasteiger partial charge in [0, 0.05) is 6.04 Å². The van der Waals surface area contributed by atoms with Crippen LogP contribution in [0.25, 0.3) is 6.08 Å². The number of piperidine rings is 1. The predicted octanol–water partition coefficient (Wildman–Crippen LogP) is 3.82. The Morgan fingerprint density at radius 2 is 2.07 bits per heavy atom. The Morgan fingerprint density at radius 3 is 2.72 bits per heavy atom. The zero-order chi connectivity index (χ0) is 20.6. The second kappa shape index (κ2) is 10.2. The van der Waals surface area contributed by atoms with E-state index in [4.69, 9.17) is 13.9 Å². The number of furan rings is 1. The number of hydrogen-bond donors (Lipinski definition) is 0. The van der Waals surface area contributed by atoms with Gasteiger partial charge in [-0.2, -0.15) is 0 Å². The zero-order valence-corrected chi connectivity index (χ0v) is 17.5. The number of methoxy groups -OCH3 is 1. The first kappa shape index (κ1) is 21.0. The number of rotatable bonds is 8. The highest BCUT2D eigenvalue weighted by Crippen LogP contribution is 2.29. The lowest BCUT2D eigenvalue weighted by molar-refractivity contribution is -0.137. The van der Waals surface area contributed by atoms with Crippen LogP contribution in [0.2, 0.25) is 0 Å². The predicted molar refractivity (Wildman–Crippen MR) is 113 cm³/mol. The molecule has 2 aromatic rings. The van der Waals surface area contributed by atoms with Gasteiger partial charge in [0.1, 0.15) is 5.76 Å². The average Bonchev–Trinajstić information content (AvgIpc) is 3.25. The van der Waals surface area contributed by atoms with E-state index in [1.807, 2.05) is 54.3 Å². The second-order valence-corrected chi connectivity index (χ2v) is 7.33. The van der Waals surface area contributed by atoms with E-state index in [-0.39, 0.29) is 18.6 Å². The molecule has 1 aliphatic rings. The van der Waals surface area contributed by atoms with Crippen LogP contribution in [0, 0.1) is 0 Å². The lowest BCUT2D eigenvalue weighted by atomic mass is 10.0. The summed E-state index contributed by atoms with van der Waals surface area (Å²) in [6.07, 6.45) is 7.49. The lowest BCUT2D eigenvalue weighted by Crippen LogP contribution is -2.47. The minimum atomic E-state index is -0.0458. The maximum absolute atomic E-state index is 13.1. The first-order valence-corrected chi connectivity index (χ1v) is 10.0. The van der Waals surface area contributed by atoms with E-state index in [1.165, 1.54) is 0 Å². The fourth-order valence-corrected chi connectivity index (χ4v) is 3.62.